The molecule has 3 rings (SSSR count). The van der Waals surface area contributed by atoms with Crippen LogP contribution in [0, 0.1) is 0 Å². The molecule has 1 heterocycles. The standard InChI is InChI=1S/C17H22N2O3/c20-16-10-12(11-19(16)13-6-2-1-3-7-13)18-15-9-5-4-8-14(15)17(21)22/h4-5,8-9,12-13,18H,1-3,6-7,10-11H2,(H,21,22)/t12-/m1/s1. The van der Waals surface area contributed by atoms with E-state index in [-0.39, 0.29) is 17.5 Å². The highest BCUT2D eigenvalue weighted by Crippen LogP contribution is 2.28. The van der Waals surface area contributed by atoms with Gasteiger partial charge < -0.3 is 15.3 Å². The van der Waals surface area contributed by atoms with E-state index in [9.17, 15) is 14.7 Å². The van der Waals surface area contributed by atoms with Crippen molar-refractivity contribution in [3.63, 3.8) is 0 Å². The summed E-state index contributed by atoms with van der Waals surface area (Å²) in [7, 11) is 0. The van der Waals surface area contributed by atoms with Crippen molar-refractivity contribution in [3.8, 4) is 0 Å². The first-order valence-electron chi connectivity index (χ1n) is 8.03. The summed E-state index contributed by atoms with van der Waals surface area (Å²) >= 11 is 0. The van der Waals surface area contributed by atoms with Crippen molar-refractivity contribution >= 4 is 17.6 Å². The van der Waals surface area contributed by atoms with E-state index >= 15 is 0 Å². The van der Waals surface area contributed by atoms with Gasteiger partial charge in [0.2, 0.25) is 5.91 Å². The zero-order valence-corrected chi connectivity index (χ0v) is 12.6. The molecule has 5 nitrogen and oxygen atoms in total. The van der Waals surface area contributed by atoms with E-state index < -0.39 is 5.97 Å². The molecule has 1 aliphatic carbocycles. The second-order valence-corrected chi connectivity index (χ2v) is 6.23. The molecule has 0 radical (unpaired) electrons. The van der Waals surface area contributed by atoms with Crippen LogP contribution in [0.3, 0.4) is 0 Å². The van der Waals surface area contributed by atoms with Crippen molar-refractivity contribution in [1.82, 2.24) is 4.90 Å². The predicted octanol–water partition coefficient (Wildman–Crippen LogP) is 2.73. The lowest BCUT2D eigenvalue weighted by atomic mass is 9.94. The summed E-state index contributed by atoms with van der Waals surface area (Å²) in [5.41, 5.74) is 0.851. The highest BCUT2D eigenvalue weighted by atomic mass is 16.4. The highest BCUT2D eigenvalue weighted by molar-refractivity contribution is 5.94. The number of nitrogens with one attached hydrogen (secondary N) is 1. The molecule has 0 spiro atoms. The van der Waals surface area contributed by atoms with Gasteiger partial charge >= 0.3 is 5.97 Å². The number of para-hydroxylation sites is 1. The minimum absolute atomic E-state index is 0.00470. The first kappa shape index (κ1) is 14.9. The van der Waals surface area contributed by atoms with Gasteiger partial charge in [-0.25, -0.2) is 4.79 Å². The number of aromatic carboxylic acids is 1. The maximum atomic E-state index is 12.3. The van der Waals surface area contributed by atoms with Gasteiger partial charge in [0.15, 0.2) is 0 Å². The van der Waals surface area contributed by atoms with E-state index in [4.69, 9.17) is 0 Å². The Bertz CT molecular complexity index is 567. The molecule has 1 aromatic rings. The summed E-state index contributed by atoms with van der Waals surface area (Å²) < 4.78 is 0. The molecule has 118 valence electrons. The molecule has 1 amide bonds. The Balaban J connectivity index is 1.67. The van der Waals surface area contributed by atoms with Gasteiger partial charge in [-0.1, -0.05) is 31.4 Å². The van der Waals surface area contributed by atoms with Crippen LogP contribution in [0.5, 0.6) is 0 Å². The molecule has 0 aromatic heterocycles. The van der Waals surface area contributed by atoms with Crippen LogP contribution in [0.2, 0.25) is 0 Å². The topological polar surface area (TPSA) is 69.6 Å². The normalized spacial score (nSPS) is 22.8. The maximum absolute atomic E-state index is 12.3. The number of carbonyl (C=O) groups is 2. The average Bonchev–Trinajstić information content (AvgIpc) is 2.89. The van der Waals surface area contributed by atoms with Gasteiger partial charge in [-0.2, -0.15) is 0 Å². The molecule has 2 fully saturated rings. The Morgan fingerprint density at radius 1 is 1.18 bits per heavy atom. The number of benzene rings is 1. The summed E-state index contributed by atoms with van der Waals surface area (Å²) in [6.45, 7) is 0.678. The van der Waals surface area contributed by atoms with E-state index in [1.54, 1.807) is 18.2 Å². The van der Waals surface area contributed by atoms with Crippen molar-refractivity contribution in [2.24, 2.45) is 0 Å². The lowest BCUT2D eigenvalue weighted by Crippen LogP contribution is -2.38. The van der Waals surface area contributed by atoms with E-state index in [2.05, 4.69) is 5.32 Å². The number of hydrogen-bond acceptors (Lipinski definition) is 3. The maximum Gasteiger partial charge on any atom is 0.337 e. The number of nitrogens with zero attached hydrogens (tertiary/aromatic N) is 1. The first-order chi connectivity index (χ1) is 10.6. The lowest BCUT2D eigenvalue weighted by molar-refractivity contribution is -0.130. The molecule has 1 aliphatic heterocycles. The van der Waals surface area contributed by atoms with E-state index in [0.29, 0.717) is 24.7 Å². The fourth-order valence-corrected chi connectivity index (χ4v) is 3.59. The Hall–Kier alpha value is -2.04. The number of anilines is 1. The van der Waals surface area contributed by atoms with Crippen LogP contribution in [0.1, 0.15) is 48.9 Å². The Morgan fingerprint density at radius 3 is 2.64 bits per heavy atom. The third kappa shape index (κ3) is 3.08. The highest BCUT2D eigenvalue weighted by Gasteiger charge is 2.35. The Morgan fingerprint density at radius 2 is 1.91 bits per heavy atom. The lowest BCUT2D eigenvalue weighted by Gasteiger charge is -2.31. The number of hydrogen-bond donors (Lipinski definition) is 2. The fraction of sp³-hybridized carbons (Fsp3) is 0.529. The second-order valence-electron chi connectivity index (χ2n) is 6.23. The second kappa shape index (κ2) is 6.38. The van der Waals surface area contributed by atoms with Gasteiger partial charge in [0, 0.05) is 24.7 Å². The zero-order chi connectivity index (χ0) is 15.5. The minimum Gasteiger partial charge on any atom is -0.478 e. The van der Waals surface area contributed by atoms with Gasteiger partial charge in [0.25, 0.3) is 0 Å². The van der Waals surface area contributed by atoms with E-state index in [0.717, 1.165) is 12.8 Å². The molecule has 1 aromatic carbocycles. The van der Waals surface area contributed by atoms with E-state index in [1.807, 2.05) is 11.0 Å². The van der Waals surface area contributed by atoms with Crippen LogP contribution >= 0.6 is 0 Å². The van der Waals surface area contributed by atoms with Crippen molar-refractivity contribution in [1.29, 1.82) is 0 Å². The van der Waals surface area contributed by atoms with Crippen LogP contribution in [0.25, 0.3) is 0 Å². The third-order valence-electron chi connectivity index (χ3n) is 4.69. The third-order valence-corrected chi connectivity index (χ3v) is 4.69. The Labute approximate surface area is 130 Å². The van der Waals surface area contributed by atoms with Gasteiger partial charge in [0.1, 0.15) is 0 Å². The molecule has 1 saturated carbocycles. The zero-order valence-electron chi connectivity index (χ0n) is 12.6. The number of carbonyl (C=O) groups excluding carboxylic acids is 1. The number of amides is 1. The van der Waals surface area contributed by atoms with Crippen molar-refractivity contribution in [2.45, 2.75) is 50.6 Å². The van der Waals surface area contributed by atoms with Crippen molar-refractivity contribution in [3.05, 3.63) is 29.8 Å². The molecule has 0 bridgehead atoms. The molecule has 0 unspecified atom stereocenters. The summed E-state index contributed by atoms with van der Waals surface area (Å²) in [6.07, 6.45) is 6.33. The van der Waals surface area contributed by atoms with Crippen LogP contribution in [-0.2, 0) is 4.79 Å². The monoisotopic (exact) mass is 302 g/mol. The van der Waals surface area contributed by atoms with Crippen molar-refractivity contribution < 1.29 is 14.7 Å². The molecular weight excluding hydrogens is 280 g/mol. The molecule has 1 saturated heterocycles. The molecule has 2 N–H and O–H groups in total. The molecule has 5 heteroatoms. The number of rotatable bonds is 4. The molecular formula is C17H22N2O3. The SMILES string of the molecule is O=C(O)c1ccccc1N[C@@H]1CC(=O)N(C2CCCCC2)C1. The average molecular weight is 302 g/mol. The number of carboxylic acids is 1. The predicted molar refractivity (Wildman–Crippen MR) is 84.0 cm³/mol. The number of carboxylic acid groups (broad SMARTS) is 1. The van der Waals surface area contributed by atoms with Crippen LogP contribution in [-0.4, -0.2) is 40.5 Å². The van der Waals surface area contributed by atoms with Crippen LogP contribution in [0.4, 0.5) is 5.69 Å². The summed E-state index contributed by atoms with van der Waals surface area (Å²) in [6, 6.07) is 7.24. The van der Waals surface area contributed by atoms with Gasteiger partial charge in [-0.15, -0.1) is 0 Å². The molecule has 22 heavy (non-hydrogen) atoms. The van der Waals surface area contributed by atoms with Gasteiger partial charge in [0.05, 0.1) is 11.6 Å². The number of likely N-dealkylation sites (tertiary alicyclic amines) is 1. The fourth-order valence-electron chi connectivity index (χ4n) is 3.59. The van der Waals surface area contributed by atoms with Crippen LogP contribution in [0.15, 0.2) is 24.3 Å². The molecule has 2 aliphatic rings. The van der Waals surface area contributed by atoms with Crippen LogP contribution < -0.4 is 5.32 Å². The smallest absolute Gasteiger partial charge is 0.337 e. The van der Waals surface area contributed by atoms with Crippen molar-refractivity contribution in [2.75, 3.05) is 11.9 Å². The Kier molecular flexibility index (Phi) is 4.32. The summed E-state index contributed by atoms with van der Waals surface area (Å²) in [5, 5.41) is 12.5. The largest absolute Gasteiger partial charge is 0.478 e. The summed E-state index contributed by atoms with van der Waals surface area (Å²) in [5.74, 6) is -0.756. The molecule has 1 atom stereocenters. The van der Waals surface area contributed by atoms with Gasteiger partial charge in [-0.05, 0) is 25.0 Å². The van der Waals surface area contributed by atoms with E-state index in [1.165, 1.54) is 19.3 Å². The van der Waals surface area contributed by atoms with Gasteiger partial charge in [-0.3, -0.25) is 4.79 Å². The summed E-state index contributed by atoms with van der Waals surface area (Å²) in [4.78, 5) is 25.5. The first-order valence-corrected chi connectivity index (χ1v) is 8.03. The minimum atomic E-state index is -0.948. The quantitative estimate of drug-likeness (QED) is 0.897.